The number of methoxy groups -OCH3 is 1. The Morgan fingerprint density at radius 1 is 1.56 bits per heavy atom. The first-order valence-corrected chi connectivity index (χ1v) is 6.11. The van der Waals surface area contributed by atoms with E-state index in [0.717, 1.165) is 24.4 Å². The summed E-state index contributed by atoms with van der Waals surface area (Å²) in [7, 11) is 1.45. The van der Waals surface area contributed by atoms with Crippen molar-refractivity contribution in [2.45, 2.75) is 19.8 Å². The third-order valence-electron chi connectivity index (χ3n) is 2.13. The summed E-state index contributed by atoms with van der Waals surface area (Å²) in [6.45, 7) is 2.02. The number of ether oxygens (including phenoxy) is 1. The van der Waals surface area contributed by atoms with Gasteiger partial charge in [-0.3, -0.25) is 10.1 Å². The molecule has 0 saturated heterocycles. The van der Waals surface area contributed by atoms with Crippen LogP contribution in [0, 0.1) is 0 Å². The van der Waals surface area contributed by atoms with Crippen LogP contribution in [0.15, 0.2) is 0 Å². The van der Waals surface area contributed by atoms with Gasteiger partial charge in [-0.2, -0.15) is 4.98 Å². The van der Waals surface area contributed by atoms with E-state index in [-0.39, 0.29) is 17.9 Å². The highest BCUT2D eigenvalue weighted by atomic mass is 32.1. The van der Waals surface area contributed by atoms with E-state index in [1.807, 2.05) is 6.92 Å². The maximum Gasteiger partial charge on any atom is 0.336 e. The third kappa shape index (κ3) is 2.62. The van der Waals surface area contributed by atoms with Gasteiger partial charge in [0.1, 0.15) is 4.88 Å². The van der Waals surface area contributed by atoms with Crippen molar-refractivity contribution < 1.29 is 9.53 Å². The van der Waals surface area contributed by atoms with Crippen LogP contribution < -0.4 is 10.1 Å². The Balaban J connectivity index is 2.09. The molecule has 0 atom stereocenters. The number of aromatic nitrogens is 5. The Labute approximate surface area is 107 Å². The predicted molar refractivity (Wildman–Crippen MR) is 64.8 cm³/mol. The van der Waals surface area contributed by atoms with Crippen molar-refractivity contribution in [2.75, 3.05) is 12.4 Å². The monoisotopic (exact) mass is 268 g/mol. The fourth-order valence-corrected chi connectivity index (χ4v) is 1.94. The van der Waals surface area contributed by atoms with Crippen molar-refractivity contribution in [3.63, 3.8) is 0 Å². The molecule has 2 aromatic rings. The lowest BCUT2D eigenvalue weighted by Crippen LogP contribution is -2.13. The Morgan fingerprint density at radius 2 is 2.39 bits per heavy atom. The highest BCUT2D eigenvalue weighted by molar-refractivity contribution is 7.08. The van der Waals surface area contributed by atoms with Gasteiger partial charge in [-0.25, -0.2) is 5.10 Å². The number of nitrogens with one attached hydrogen (secondary N) is 2. The van der Waals surface area contributed by atoms with Crippen LogP contribution in [0.5, 0.6) is 6.01 Å². The molecule has 0 saturated carbocycles. The molecule has 0 bridgehead atoms. The molecule has 1 amide bonds. The maximum absolute atomic E-state index is 12.0. The number of anilines is 1. The molecule has 0 aromatic carbocycles. The average Bonchev–Trinajstić information content (AvgIpc) is 2.98. The summed E-state index contributed by atoms with van der Waals surface area (Å²) in [6, 6.07) is 0.168. The summed E-state index contributed by atoms with van der Waals surface area (Å²) in [5.74, 6) is -0.0695. The lowest BCUT2D eigenvalue weighted by Gasteiger charge is -1.99. The average molecular weight is 268 g/mol. The van der Waals surface area contributed by atoms with E-state index in [1.54, 1.807) is 0 Å². The molecule has 0 fully saturated rings. The van der Waals surface area contributed by atoms with Gasteiger partial charge in [0.2, 0.25) is 5.95 Å². The summed E-state index contributed by atoms with van der Waals surface area (Å²) in [5.41, 5.74) is 0.700. The van der Waals surface area contributed by atoms with Crippen LogP contribution in [0.3, 0.4) is 0 Å². The number of hydrogen-bond donors (Lipinski definition) is 2. The number of nitrogens with zero attached hydrogens (tertiary/aromatic N) is 4. The number of carbonyl (C=O) groups is 1. The first kappa shape index (κ1) is 12.4. The first-order chi connectivity index (χ1) is 8.74. The molecule has 2 aromatic heterocycles. The largest absolute Gasteiger partial charge is 0.466 e. The number of amides is 1. The molecule has 2 N–H and O–H groups in total. The van der Waals surface area contributed by atoms with Crippen molar-refractivity contribution in [1.29, 1.82) is 0 Å². The SMILES string of the molecule is CCCc1nnsc1C(=O)Nc1nc(OC)n[nH]1. The van der Waals surface area contributed by atoms with Gasteiger partial charge in [0.15, 0.2) is 0 Å². The van der Waals surface area contributed by atoms with Crippen molar-refractivity contribution in [3.8, 4) is 6.01 Å². The molecule has 0 aliphatic carbocycles. The Kier molecular flexibility index (Phi) is 3.82. The first-order valence-electron chi connectivity index (χ1n) is 5.33. The summed E-state index contributed by atoms with van der Waals surface area (Å²) < 4.78 is 8.59. The molecule has 0 aliphatic heterocycles. The van der Waals surface area contributed by atoms with Crippen LogP contribution in [0.2, 0.25) is 0 Å². The lowest BCUT2D eigenvalue weighted by atomic mass is 10.2. The van der Waals surface area contributed by atoms with E-state index < -0.39 is 0 Å². The summed E-state index contributed by atoms with van der Waals surface area (Å²) in [6.07, 6.45) is 1.63. The minimum Gasteiger partial charge on any atom is -0.466 e. The van der Waals surface area contributed by atoms with Gasteiger partial charge in [-0.15, -0.1) is 10.2 Å². The van der Waals surface area contributed by atoms with Gasteiger partial charge in [-0.1, -0.05) is 17.8 Å². The van der Waals surface area contributed by atoms with Crippen LogP contribution in [-0.2, 0) is 6.42 Å². The van der Waals surface area contributed by atoms with Gasteiger partial charge in [0.05, 0.1) is 12.8 Å². The van der Waals surface area contributed by atoms with Gasteiger partial charge >= 0.3 is 6.01 Å². The van der Waals surface area contributed by atoms with E-state index in [1.165, 1.54) is 7.11 Å². The molecule has 0 radical (unpaired) electrons. The quantitative estimate of drug-likeness (QED) is 0.833. The number of H-pyrrole nitrogens is 1. The van der Waals surface area contributed by atoms with E-state index >= 15 is 0 Å². The summed E-state index contributed by atoms with van der Waals surface area (Å²) in [5, 5.41) is 12.8. The second kappa shape index (κ2) is 5.54. The standard InChI is InChI=1S/C9H12N6O2S/c1-3-4-5-6(18-15-12-5)7(16)10-8-11-9(17-2)14-13-8/h3-4H2,1-2H3,(H2,10,11,13,14,16). The molecular formula is C9H12N6O2S. The summed E-state index contributed by atoms with van der Waals surface area (Å²) >= 11 is 1.06. The zero-order valence-electron chi connectivity index (χ0n) is 9.93. The van der Waals surface area contributed by atoms with Crippen LogP contribution in [0.4, 0.5) is 5.95 Å². The number of carbonyl (C=O) groups excluding carboxylic acids is 1. The second-order valence-corrected chi connectivity index (χ2v) is 4.18. The molecule has 8 nitrogen and oxygen atoms in total. The molecule has 18 heavy (non-hydrogen) atoms. The highest BCUT2D eigenvalue weighted by Crippen LogP contribution is 2.14. The number of aryl methyl sites for hydroxylation is 1. The number of aromatic amines is 1. The topological polar surface area (TPSA) is 106 Å². The van der Waals surface area contributed by atoms with Crippen LogP contribution in [-0.4, -0.2) is 37.8 Å². The second-order valence-electron chi connectivity index (χ2n) is 3.42. The van der Waals surface area contributed by atoms with Crippen molar-refractivity contribution >= 4 is 23.4 Å². The maximum atomic E-state index is 12.0. The van der Waals surface area contributed by atoms with Crippen molar-refractivity contribution in [3.05, 3.63) is 10.6 Å². The zero-order chi connectivity index (χ0) is 13.0. The smallest absolute Gasteiger partial charge is 0.336 e. The van der Waals surface area contributed by atoms with Gasteiger partial charge in [0, 0.05) is 0 Å². The minimum atomic E-state index is -0.299. The Bertz CT molecular complexity index is 537. The fraction of sp³-hybridized carbons (Fsp3) is 0.444. The molecule has 2 heterocycles. The highest BCUT2D eigenvalue weighted by Gasteiger charge is 2.17. The van der Waals surface area contributed by atoms with Gasteiger partial charge in [0.25, 0.3) is 5.91 Å². The lowest BCUT2D eigenvalue weighted by molar-refractivity contribution is 0.102. The van der Waals surface area contributed by atoms with E-state index in [4.69, 9.17) is 4.74 Å². The third-order valence-corrected chi connectivity index (χ3v) is 2.90. The fourth-order valence-electron chi connectivity index (χ4n) is 1.34. The van der Waals surface area contributed by atoms with Crippen LogP contribution in [0.25, 0.3) is 0 Å². The normalized spacial score (nSPS) is 10.3. The predicted octanol–water partition coefficient (Wildman–Crippen LogP) is 0.870. The summed E-state index contributed by atoms with van der Waals surface area (Å²) in [4.78, 5) is 16.3. The Morgan fingerprint density at radius 3 is 3.06 bits per heavy atom. The molecule has 96 valence electrons. The number of hydrogen-bond acceptors (Lipinski definition) is 7. The molecule has 0 spiro atoms. The molecule has 0 unspecified atom stereocenters. The van der Waals surface area contributed by atoms with Crippen LogP contribution in [0.1, 0.15) is 28.7 Å². The van der Waals surface area contributed by atoms with Gasteiger partial charge in [-0.05, 0) is 18.0 Å². The van der Waals surface area contributed by atoms with Crippen LogP contribution >= 0.6 is 11.5 Å². The number of rotatable bonds is 5. The van der Waals surface area contributed by atoms with E-state index in [9.17, 15) is 4.79 Å². The van der Waals surface area contributed by atoms with E-state index in [2.05, 4.69) is 30.1 Å². The zero-order valence-corrected chi connectivity index (χ0v) is 10.7. The van der Waals surface area contributed by atoms with Crippen molar-refractivity contribution in [1.82, 2.24) is 24.8 Å². The molecule has 9 heteroatoms. The Hall–Kier alpha value is -2.03. The minimum absolute atomic E-state index is 0.168. The van der Waals surface area contributed by atoms with Gasteiger partial charge < -0.3 is 4.74 Å². The molecule has 0 aliphatic rings. The van der Waals surface area contributed by atoms with E-state index in [0.29, 0.717) is 10.6 Å². The molecule has 2 rings (SSSR count). The van der Waals surface area contributed by atoms with Crippen molar-refractivity contribution in [2.24, 2.45) is 0 Å². The molecular weight excluding hydrogens is 256 g/mol.